The summed E-state index contributed by atoms with van der Waals surface area (Å²) in [5.74, 6) is -0.257. The van der Waals surface area contributed by atoms with Crippen LogP contribution in [0, 0.1) is 6.92 Å². The van der Waals surface area contributed by atoms with Gasteiger partial charge in [0.05, 0.1) is 31.9 Å². The second-order valence-electron chi connectivity index (χ2n) is 6.30. The summed E-state index contributed by atoms with van der Waals surface area (Å²) in [4.78, 5) is 25.1. The van der Waals surface area contributed by atoms with Gasteiger partial charge in [0, 0.05) is 0 Å². The van der Waals surface area contributed by atoms with Crippen molar-refractivity contribution in [1.29, 1.82) is 0 Å². The fourth-order valence-corrected chi connectivity index (χ4v) is 4.21. The molecule has 162 valence electrons. The summed E-state index contributed by atoms with van der Waals surface area (Å²) >= 11 is 6.55. The number of carbonyl (C=O) groups excluding carboxylic acids is 2. The van der Waals surface area contributed by atoms with E-state index in [4.69, 9.17) is 26.4 Å². The zero-order valence-electron chi connectivity index (χ0n) is 17.7. The van der Waals surface area contributed by atoms with E-state index in [1.54, 1.807) is 27.9 Å². The van der Waals surface area contributed by atoms with Crippen molar-refractivity contribution in [2.75, 3.05) is 25.6 Å². The number of nitrogens with one attached hydrogen (secondary N) is 2. The van der Waals surface area contributed by atoms with E-state index in [1.807, 2.05) is 31.2 Å². The van der Waals surface area contributed by atoms with E-state index in [0.29, 0.717) is 20.6 Å². The van der Waals surface area contributed by atoms with Crippen molar-refractivity contribution in [3.05, 3.63) is 45.8 Å². The maximum atomic E-state index is 12.5. The lowest BCUT2D eigenvalue weighted by Crippen LogP contribution is -2.31. The summed E-state index contributed by atoms with van der Waals surface area (Å²) in [5.41, 5.74) is 1.77. The van der Waals surface area contributed by atoms with Crippen LogP contribution in [0.1, 0.15) is 58.0 Å². The number of thiophene rings is 1. The normalized spacial score (nSPS) is 11.4. The maximum Gasteiger partial charge on any atom is 0.348 e. The van der Waals surface area contributed by atoms with Crippen LogP contribution in [0.4, 0.5) is 5.00 Å². The van der Waals surface area contributed by atoms with Gasteiger partial charge in [0.2, 0.25) is 0 Å². The Bertz CT molecular complexity index is 926. The van der Waals surface area contributed by atoms with E-state index in [0.717, 1.165) is 22.6 Å². The Morgan fingerprint density at radius 1 is 1.17 bits per heavy atom. The molecule has 0 aliphatic rings. The minimum atomic E-state index is -0.520. The van der Waals surface area contributed by atoms with Crippen LogP contribution in [-0.4, -0.2) is 37.4 Å². The Hall–Kier alpha value is -2.65. The lowest BCUT2D eigenvalue weighted by Gasteiger charge is -2.18. The van der Waals surface area contributed by atoms with Crippen molar-refractivity contribution in [2.45, 2.75) is 33.7 Å². The lowest BCUT2D eigenvalue weighted by atomic mass is 10.1. The van der Waals surface area contributed by atoms with Crippen molar-refractivity contribution < 1.29 is 23.8 Å². The van der Waals surface area contributed by atoms with Gasteiger partial charge in [-0.1, -0.05) is 12.1 Å². The molecule has 1 aromatic carbocycles. The predicted octanol–water partition coefficient (Wildman–Crippen LogP) is 4.47. The molecule has 2 rings (SSSR count). The minimum Gasteiger partial charge on any atom is -0.497 e. The smallest absolute Gasteiger partial charge is 0.348 e. The number of hydrogen-bond donors (Lipinski definition) is 2. The monoisotopic (exact) mass is 450 g/mol. The molecule has 2 aromatic rings. The van der Waals surface area contributed by atoms with E-state index in [9.17, 15) is 9.59 Å². The van der Waals surface area contributed by atoms with E-state index in [2.05, 4.69) is 10.6 Å². The van der Waals surface area contributed by atoms with E-state index in [1.165, 1.54) is 0 Å². The molecule has 9 heteroatoms. The van der Waals surface area contributed by atoms with Crippen molar-refractivity contribution in [1.82, 2.24) is 5.32 Å². The van der Waals surface area contributed by atoms with Gasteiger partial charge in [-0.15, -0.1) is 11.3 Å². The molecule has 0 spiro atoms. The number of rotatable bonds is 8. The molecule has 0 saturated heterocycles. The molecule has 1 aromatic heterocycles. The van der Waals surface area contributed by atoms with Gasteiger partial charge in [0.1, 0.15) is 15.6 Å². The Kier molecular flexibility index (Phi) is 8.61. The van der Waals surface area contributed by atoms with Crippen molar-refractivity contribution >= 4 is 45.6 Å². The number of ether oxygens (including phenoxy) is 3. The molecule has 0 radical (unpaired) electrons. The van der Waals surface area contributed by atoms with Gasteiger partial charge in [0.25, 0.3) is 0 Å². The SMILES string of the molecule is CCOC(=O)c1sc(NC(=S)NC(C)c2cccc(OC)c2)c(C(=O)OCC)c1C. The van der Waals surface area contributed by atoms with Gasteiger partial charge in [-0.3, -0.25) is 0 Å². The minimum absolute atomic E-state index is 0.114. The number of hydrogen-bond acceptors (Lipinski definition) is 7. The third-order valence-electron chi connectivity index (χ3n) is 4.26. The summed E-state index contributed by atoms with van der Waals surface area (Å²) < 4.78 is 15.5. The van der Waals surface area contributed by atoms with Crippen molar-refractivity contribution in [3.63, 3.8) is 0 Å². The fraction of sp³-hybridized carbons (Fsp3) is 0.381. The molecule has 0 amide bonds. The van der Waals surface area contributed by atoms with E-state index >= 15 is 0 Å². The van der Waals surface area contributed by atoms with Crippen LogP contribution in [0.5, 0.6) is 5.75 Å². The first kappa shape index (κ1) is 23.6. The average molecular weight is 451 g/mol. The molecule has 30 heavy (non-hydrogen) atoms. The molecule has 0 aliphatic carbocycles. The fourth-order valence-electron chi connectivity index (χ4n) is 2.77. The molecular formula is C21H26N2O5S2. The molecule has 7 nitrogen and oxygen atoms in total. The average Bonchev–Trinajstić information content (AvgIpc) is 3.04. The Labute approximate surface area is 185 Å². The second-order valence-corrected chi connectivity index (χ2v) is 7.73. The van der Waals surface area contributed by atoms with Crippen molar-refractivity contribution in [3.8, 4) is 5.75 Å². The lowest BCUT2D eigenvalue weighted by molar-refractivity contribution is 0.0527. The first-order valence-electron chi connectivity index (χ1n) is 9.51. The molecule has 0 saturated carbocycles. The van der Waals surface area contributed by atoms with Gasteiger partial charge in [-0.25, -0.2) is 9.59 Å². The first-order valence-corrected chi connectivity index (χ1v) is 10.7. The Balaban J connectivity index is 2.24. The molecule has 0 aliphatic heterocycles. The van der Waals surface area contributed by atoms with Crippen LogP contribution in [0.25, 0.3) is 0 Å². The first-order chi connectivity index (χ1) is 14.3. The molecule has 0 fully saturated rings. The van der Waals surface area contributed by atoms with Gasteiger partial charge >= 0.3 is 11.9 Å². The summed E-state index contributed by atoms with van der Waals surface area (Å²) in [6.45, 7) is 7.56. The molecule has 1 unspecified atom stereocenters. The zero-order valence-corrected chi connectivity index (χ0v) is 19.3. The highest BCUT2D eigenvalue weighted by Crippen LogP contribution is 2.34. The molecule has 0 bridgehead atoms. The summed E-state index contributed by atoms with van der Waals surface area (Å²) in [6, 6.07) is 7.52. The number of esters is 2. The summed E-state index contributed by atoms with van der Waals surface area (Å²) in [6.07, 6.45) is 0. The standard InChI is InChI=1S/C21H26N2O5S2/c1-6-27-19(24)16-12(3)17(20(25)28-7-2)30-18(16)23-21(29)22-13(4)14-9-8-10-15(11-14)26-5/h8-11,13H,6-7H2,1-5H3,(H2,22,23,29). The maximum absolute atomic E-state index is 12.5. The predicted molar refractivity (Wildman–Crippen MR) is 122 cm³/mol. The van der Waals surface area contributed by atoms with Gasteiger partial charge in [-0.05, 0) is 63.2 Å². The van der Waals surface area contributed by atoms with Crippen LogP contribution in [0.3, 0.4) is 0 Å². The van der Waals surface area contributed by atoms with Gasteiger partial charge < -0.3 is 24.8 Å². The van der Waals surface area contributed by atoms with Crippen LogP contribution in [0.15, 0.2) is 24.3 Å². The highest BCUT2D eigenvalue weighted by Gasteiger charge is 2.27. The number of thiocarbonyl (C=S) groups is 1. The quantitative estimate of drug-likeness (QED) is 0.450. The van der Waals surface area contributed by atoms with Gasteiger partial charge in [-0.2, -0.15) is 0 Å². The Morgan fingerprint density at radius 2 is 1.83 bits per heavy atom. The summed E-state index contributed by atoms with van der Waals surface area (Å²) in [7, 11) is 1.61. The summed E-state index contributed by atoms with van der Waals surface area (Å²) in [5, 5.41) is 6.96. The number of benzene rings is 1. The topological polar surface area (TPSA) is 85.9 Å². The second kappa shape index (κ2) is 10.9. The molecule has 1 heterocycles. The highest BCUT2D eigenvalue weighted by molar-refractivity contribution is 7.80. The number of carbonyl (C=O) groups is 2. The van der Waals surface area contributed by atoms with Crippen LogP contribution < -0.4 is 15.4 Å². The Morgan fingerprint density at radius 3 is 2.47 bits per heavy atom. The largest absolute Gasteiger partial charge is 0.497 e. The zero-order chi connectivity index (χ0) is 22.3. The molecule has 1 atom stereocenters. The van der Waals surface area contributed by atoms with Crippen molar-refractivity contribution in [2.24, 2.45) is 0 Å². The number of methoxy groups -OCH3 is 1. The number of anilines is 1. The molecular weight excluding hydrogens is 424 g/mol. The third-order valence-corrected chi connectivity index (χ3v) is 5.66. The van der Waals surface area contributed by atoms with E-state index in [-0.39, 0.29) is 24.8 Å². The van der Waals surface area contributed by atoms with E-state index < -0.39 is 11.9 Å². The third kappa shape index (κ3) is 5.70. The molecule has 2 N–H and O–H groups in total. The van der Waals surface area contributed by atoms with Crippen LogP contribution >= 0.6 is 23.6 Å². The van der Waals surface area contributed by atoms with Crippen LogP contribution in [0.2, 0.25) is 0 Å². The van der Waals surface area contributed by atoms with Crippen LogP contribution in [-0.2, 0) is 9.47 Å². The van der Waals surface area contributed by atoms with Gasteiger partial charge in [0.15, 0.2) is 5.11 Å². The highest BCUT2D eigenvalue weighted by atomic mass is 32.1.